The lowest BCUT2D eigenvalue weighted by molar-refractivity contribution is 0.119. The summed E-state index contributed by atoms with van der Waals surface area (Å²) >= 11 is 6.35. The molecule has 1 unspecified atom stereocenters. The summed E-state index contributed by atoms with van der Waals surface area (Å²) in [5, 5.41) is 0. The van der Waals surface area contributed by atoms with E-state index < -0.39 is 0 Å². The molecule has 0 aliphatic rings. The van der Waals surface area contributed by atoms with Gasteiger partial charge in [-0.3, -0.25) is 9.80 Å². The molecule has 1 atom stereocenters. The Morgan fingerprint density at radius 2 is 1.64 bits per heavy atom. The van der Waals surface area contributed by atoms with Gasteiger partial charge in [-0.25, -0.2) is 0 Å². The summed E-state index contributed by atoms with van der Waals surface area (Å²) in [6.45, 7) is 6.31. The Morgan fingerprint density at radius 1 is 1.27 bits per heavy atom. The summed E-state index contributed by atoms with van der Waals surface area (Å²) in [7, 11) is 5.00. The topological polar surface area (TPSA) is 6.48 Å². The minimum atomic E-state index is -0.205. The van der Waals surface area contributed by atoms with Crippen LogP contribution in [0.3, 0.4) is 0 Å². The lowest BCUT2D eigenvalue weighted by Crippen LogP contribution is -2.54. The molecule has 4 heteroatoms. The van der Waals surface area contributed by atoms with Gasteiger partial charge in [0.05, 0.1) is 10.2 Å². The molecule has 0 saturated heterocycles. The molecule has 0 radical (unpaired) electrons. The van der Waals surface area contributed by atoms with Crippen LogP contribution in [0.4, 0.5) is 0 Å². The predicted octanol–water partition coefficient (Wildman–Crippen LogP) is 0.105. The fourth-order valence-corrected chi connectivity index (χ4v) is 1.96. The van der Waals surface area contributed by atoms with Crippen LogP contribution in [0.25, 0.3) is 0 Å². The van der Waals surface area contributed by atoms with Crippen molar-refractivity contribution in [3.63, 3.8) is 0 Å². The van der Waals surface area contributed by atoms with E-state index in [1.54, 1.807) is 0 Å². The molecule has 0 aromatic rings. The van der Waals surface area contributed by atoms with Gasteiger partial charge in [-0.05, 0) is 27.2 Å². The third-order valence-electron chi connectivity index (χ3n) is 2.16. The molecule has 0 aliphatic heterocycles. The molecule has 0 aliphatic carbocycles. The molecule has 0 spiro atoms. The van der Waals surface area contributed by atoms with Gasteiger partial charge in [-0.1, -0.05) is 25.4 Å². The minimum absolute atomic E-state index is 0.205. The third kappa shape index (κ3) is 2.74. The molecule has 0 heterocycles. The summed E-state index contributed by atoms with van der Waals surface area (Å²) in [5.74, 6) is 0. The average Bonchev–Trinajstić information content (AvgIpc) is 1.89. The molecule has 0 fully saturated rings. The molecular formula is C7H19ClN2Si. The summed E-state index contributed by atoms with van der Waals surface area (Å²) in [6.07, 6.45) is 0. The second-order valence-electron chi connectivity index (χ2n) is 2.97. The van der Waals surface area contributed by atoms with Crippen molar-refractivity contribution in [1.82, 2.24) is 9.80 Å². The van der Waals surface area contributed by atoms with Gasteiger partial charge in [0, 0.05) is 0 Å². The van der Waals surface area contributed by atoms with E-state index in [0.29, 0.717) is 0 Å². The van der Waals surface area contributed by atoms with E-state index in [0.717, 1.165) is 23.3 Å². The monoisotopic (exact) mass is 194 g/mol. The lowest BCUT2D eigenvalue weighted by atomic mass is 10.5. The van der Waals surface area contributed by atoms with Gasteiger partial charge >= 0.3 is 0 Å². The van der Waals surface area contributed by atoms with Crippen LogP contribution in [-0.4, -0.2) is 52.0 Å². The van der Waals surface area contributed by atoms with Crippen molar-refractivity contribution in [2.45, 2.75) is 18.6 Å². The summed E-state index contributed by atoms with van der Waals surface area (Å²) in [5.41, 5.74) is 0. The minimum Gasteiger partial charge on any atom is -0.283 e. The Morgan fingerprint density at radius 3 is 1.73 bits per heavy atom. The van der Waals surface area contributed by atoms with E-state index in [-0.39, 0.29) is 4.75 Å². The van der Waals surface area contributed by atoms with Crippen LogP contribution in [0.1, 0.15) is 13.8 Å². The Bertz CT molecular complexity index is 113. The van der Waals surface area contributed by atoms with Crippen molar-refractivity contribution in [2.24, 2.45) is 0 Å². The number of hydrogen-bond donors (Lipinski definition) is 0. The smallest absolute Gasteiger partial charge is 0.125 e. The molecule has 0 amide bonds. The zero-order valence-corrected chi connectivity index (χ0v) is 10.9. The molecule has 0 rings (SSSR count). The molecular weight excluding hydrogens is 176 g/mol. The second kappa shape index (κ2) is 4.45. The first-order valence-corrected chi connectivity index (χ1v) is 5.46. The van der Waals surface area contributed by atoms with E-state index >= 15 is 0 Å². The average molecular weight is 195 g/mol. The summed E-state index contributed by atoms with van der Waals surface area (Å²) < 4.78 is -0.205. The van der Waals surface area contributed by atoms with Crippen LogP contribution < -0.4 is 0 Å². The Kier molecular flexibility index (Phi) is 4.62. The Balaban J connectivity index is 4.24. The number of halogens is 1. The SMILES string of the molecule is CCN(CC)C([SiH3])(Cl)N(C)C. The van der Waals surface area contributed by atoms with Gasteiger partial charge in [0.25, 0.3) is 0 Å². The van der Waals surface area contributed by atoms with Crippen molar-refractivity contribution < 1.29 is 0 Å². The van der Waals surface area contributed by atoms with Gasteiger partial charge in [-0.2, -0.15) is 0 Å². The van der Waals surface area contributed by atoms with Crippen LogP contribution in [-0.2, 0) is 0 Å². The molecule has 0 N–H and O–H groups in total. The second-order valence-corrected chi connectivity index (χ2v) is 5.72. The van der Waals surface area contributed by atoms with Crippen LogP contribution in [0.2, 0.25) is 0 Å². The predicted molar refractivity (Wildman–Crippen MR) is 55.1 cm³/mol. The zero-order chi connectivity index (χ0) is 9.07. The van der Waals surface area contributed by atoms with Gasteiger partial charge in [0.2, 0.25) is 0 Å². The van der Waals surface area contributed by atoms with Crippen molar-refractivity contribution >= 4 is 21.8 Å². The van der Waals surface area contributed by atoms with Crippen molar-refractivity contribution in [3.05, 3.63) is 0 Å². The lowest BCUT2D eigenvalue weighted by Gasteiger charge is -2.40. The highest BCUT2D eigenvalue weighted by atomic mass is 35.5. The fourth-order valence-electron chi connectivity index (χ4n) is 1.08. The first-order valence-electron chi connectivity index (χ1n) is 4.08. The van der Waals surface area contributed by atoms with Gasteiger partial charge in [0.1, 0.15) is 4.75 Å². The van der Waals surface area contributed by atoms with Gasteiger partial charge < -0.3 is 0 Å². The van der Waals surface area contributed by atoms with E-state index in [2.05, 4.69) is 23.6 Å². The zero-order valence-electron chi connectivity index (χ0n) is 8.19. The standard InChI is InChI=1S/C7H19ClN2Si/c1-5-10(6-2)7(8,11)9(3)4/h5-6H2,1-4,11H3. The van der Waals surface area contributed by atoms with Crippen LogP contribution >= 0.6 is 11.6 Å². The molecule has 0 aromatic carbocycles. The normalized spacial score (nSPS) is 17.7. The summed E-state index contributed by atoms with van der Waals surface area (Å²) in [6, 6.07) is 0. The van der Waals surface area contributed by atoms with Crippen LogP contribution in [0.15, 0.2) is 0 Å². The number of alkyl halides is 1. The number of rotatable bonds is 4. The van der Waals surface area contributed by atoms with Gasteiger partial charge in [0.15, 0.2) is 0 Å². The maximum Gasteiger partial charge on any atom is 0.125 e. The first-order chi connectivity index (χ1) is 4.96. The first kappa shape index (κ1) is 11.4. The largest absolute Gasteiger partial charge is 0.283 e. The molecule has 68 valence electrons. The van der Waals surface area contributed by atoms with E-state index in [4.69, 9.17) is 11.6 Å². The highest BCUT2D eigenvalue weighted by Gasteiger charge is 2.28. The van der Waals surface area contributed by atoms with Crippen LogP contribution in [0, 0.1) is 0 Å². The number of hydrogen-bond acceptors (Lipinski definition) is 2. The van der Waals surface area contributed by atoms with E-state index in [1.165, 1.54) is 0 Å². The fraction of sp³-hybridized carbons (Fsp3) is 1.00. The molecule has 0 saturated carbocycles. The van der Waals surface area contributed by atoms with Gasteiger partial charge in [-0.15, -0.1) is 0 Å². The summed E-state index contributed by atoms with van der Waals surface area (Å²) in [4.78, 5) is 4.34. The highest BCUT2D eigenvalue weighted by Crippen LogP contribution is 2.18. The maximum absolute atomic E-state index is 6.35. The Labute approximate surface area is 77.9 Å². The van der Waals surface area contributed by atoms with E-state index in [9.17, 15) is 0 Å². The Hall–Kier alpha value is 0.427. The molecule has 11 heavy (non-hydrogen) atoms. The highest BCUT2D eigenvalue weighted by molar-refractivity contribution is 6.43. The third-order valence-corrected chi connectivity index (χ3v) is 4.26. The van der Waals surface area contributed by atoms with Crippen molar-refractivity contribution in [3.8, 4) is 0 Å². The molecule has 2 nitrogen and oxygen atoms in total. The molecule has 0 bridgehead atoms. The van der Waals surface area contributed by atoms with Crippen molar-refractivity contribution in [1.29, 1.82) is 0 Å². The molecule has 0 aromatic heterocycles. The van der Waals surface area contributed by atoms with Crippen molar-refractivity contribution in [2.75, 3.05) is 27.2 Å². The number of nitrogens with zero attached hydrogens (tertiary/aromatic N) is 2. The van der Waals surface area contributed by atoms with Crippen LogP contribution in [0.5, 0.6) is 0 Å². The quantitative estimate of drug-likeness (QED) is 0.271. The van der Waals surface area contributed by atoms with E-state index in [1.807, 2.05) is 14.1 Å². The maximum atomic E-state index is 6.35.